The maximum Gasteiger partial charge on any atom is 0.221 e. The Balaban J connectivity index is 2.24. The predicted octanol–water partition coefficient (Wildman–Crippen LogP) is 3.18. The standard InChI is InChI=1S/C14H19N3O2/c1-8-6-12(11(4)19-8)10(3)17-13-9(2)14(18-5)16-7-15-13/h6-7,10H,1-5H3,(H,15,16,17). The van der Waals surface area contributed by atoms with E-state index in [1.54, 1.807) is 7.11 Å². The average Bonchev–Trinajstić information content (AvgIpc) is 2.71. The molecule has 0 radical (unpaired) electrons. The third-order valence-electron chi connectivity index (χ3n) is 3.13. The zero-order valence-corrected chi connectivity index (χ0v) is 11.9. The van der Waals surface area contributed by atoms with Gasteiger partial charge in [0.25, 0.3) is 0 Å². The molecule has 0 bridgehead atoms. The first-order chi connectivity index (χ1) is 9.02. The number of aromatic nitrogens is 2. The highest BCUT2D eigenvalue weighted by Crippen LogP contribution is 2.27. The van der Waals surface area contributed by atoms with E-state index in [0.29, 0.717) is 5.88 Å². The molecule has 2 aromatic rings. The third kappa shape index (κ3) is 2.70. The first-order valence-electron chi connectivity index (χ1n) is 6.22. The minimum absolute atomic E-state index is 0.107. The molecular formula is C14H19N3O2. The van der Waals surface area contributed by atoms with Crippen LogP contribution in [0.3, 0.4) is 0 Å². The van der Waals surface area contributed by atoms with Gasteiger partial charge in [-0.1, -0.05) is 0 Å². The van der Waals surface area contributed by atoms with Gasteiger partial charge in [0.15, 0.2) is 0 Å². The lowest BCUT2D eigenvalue weighted by atomic mass is 10.1. The fraction of sp³-hybridized carbons (Fsp3) is 0.429. The number of rotatable bonds is 4. The number of ether oxygens (including phenoxy) is 1. The van der Waals surface area contributed by atoms with Gasteiger partial charge < -0.3 is 14.5 Å². The van der Waals surface area contributed by atoms with Gasteiger partial charge in [-0.2, -0.15) is 0 Å². The van der Waals surface area contributed by atoms with Crippen LogP contribution in [0.4, 0.5) is 5.82 Å². The Kier molecular flexibility index (Phi) is 3.74. The second kappa shape index (κ2) is 5.30. The Labute approximate surface area is 113 Å². The van der Waals surface area contributed by atoms with Gasteiger partial charge >= 0.3 is 0 Å². The molecule has 0 aliphatic heterocycles. The fourth-order valence-corrected chi connectivity index (χ4v) is 2.15. The first-order valence-corrected chi connectivity index (χ1v) is 6.22. The van der Waals surface area contributed by atoms with Crippen molar-refractivity contribution in [1.29, 1.82) is 0 Å². The highest BCUT2D eigenvalue weighted by molar-refractivity contribution is 5.49. The Morgan fingerprint density at radius 3 is 2.58 bits per heavy atom. The molecule has 0 aromatic carbocycles. The minimum Gasteiger partial charge on any atom is -0.481 e. The lowest BCUT2D eigenvalue weighted by Crippen LogP contribution is -2.10. The fourth-order valence-electron chi connectivity index (χ4n) is 2.15. The Morgan fingerprint density at radius 1 is 1.26 bits per heavy atom. The van der Waals surface area contributed by atoms with Crippen LogP contribution in [0, 0.1) is 20.8 Å². The van der Waals surface area contributed by atoms with Gasteiger partial charge in [-0.15, -0.1) is 0 Å². The topological polar surface area (TPSA) is 60.2 Å². The number of furan rings is 1. The summed E-state index contributed by atoms with van der Waals surface area (Å²) in [6.07, 6.45) is 1.49. The lowest BCUT2D eigenvalue weighted by molar-refractivity contribution is 0.393. The van der Waals surface area contributed by atoms with Crippen molar-refractivity contribution in [2.75, 3.05) is 12.4 Å². The van der Waals surface area contributed by atoms with E-state index in [1.165, 1.54) is 6.33 Å². The van der Waals surface area contributed by atoms with Crippen molar-refractivity contribution in [2.45, 2.75) is 33.7 Å². The number of methoxy groups -OCH3 is 1. The number of hydrogen-bond donors (Lipinski definition) is 1. The molecule has 2 aromatic heterocycles. The van der Waals surface area contributed by atoms with Gasteiger partial charge in [-0.05, 0) is 33.8 Å². The highest BCUT2D eigenvalue weighted by Gasteiger charge is 2.15. The molecular weight excluding hydrogens is 242 g/mol. The van der Waals surface area contributed by atoms with Crippen molar-refractivity contribution in [3.05, 3.63) is 35.0 Å². The van der Waals surface area contributed by atoms with Crippen molar-refractivity contribution in [1.82, 2.24) is 9.97 Å². The molecule has 0 amide bonds. The number of hydrogen-bond acceptors (Lipinski definition) is 5. The van der Waals surface area contributed by atoms with Crippen LogP contribution in [0.25, 0.3) is 0 Å². The van der Waals surface area contributed by atoms with Crippen LogP contribution >= 0.6 is 0 Å². The summed E-state index contributed by atoms with van der Waals surface area (Å²) in [5.74, 6) is 3.21. The summed E-state index contributed by atoms with van der Waals surface area (Å²) in [7, 11) is 1.60. The van der Waals surface area contributed by atoms with Crippen LogP contribution in [0.1, 0.15) is 35.6 Å². The molecule has 0 aliphatic carbocycles. The summed E-state index contributed by atoms with van der Waals surface area (Å²) in [5, 5.41) is 3.36. The van der Waals surface area contributed by atoms with E-state index in [4.69, 9.17) is 9.15 Å². The Morgan fingerprint density at radius 2 is 2.00 bits per heavy atom. The van der Waals surface area contributed by atoms with Crippen LogP contribution in [-0.2, 0) is 0 Å². The molecule has 5 heteroatoms. The molecule has 2 heterocycles. The summed E-state index contributed by atoms with van der Waals surface area (Å²) in [6.45, 7) is 7.92. The summed E-state index contributed by atoms with van der Waals surface area (Å²) in [6, 6.07) is 2.15. The molecule has 0 saturated heterocycles. The molecule has 1 unspecified atom stereocenters. The van der Waals surface area contributed by atoms with Crippen LogP contribution in [-0.4, -0.2) is 17.1 Å². The SMILES string of the molecule is COc1ncnc(NC(C)c2cc(C)oc2C)c1C. The largest absolute Gasteiger partial charge is 0.481 e. The van der Waals surface area contributed by atoms with E-state index < -0.39 is 0 Å². The first kappa shape index (κ1) is 13.4. The van der Waals surface area contributed by atoms with Crippen molar-refractivity contribution in [3.8, 4) is 5.88 Å². The van der Waals surface area contributed by atoms with E-state index in [9.17, 15) is 0 Å². The molecule has 1 N–H and O–H groups in total. The second-order valence-corrected chi connectivity index (χ2v) is 4.59. The van der Waals surface area contributed by atoms with Gasteiger partial charge in [-0.25, -0.2) is 9.97 Å². The smallest absolute Gasteiger partial charge is 0.221 e. The molecule has 0 spiro atoms. The minimum atomic E-state index is 0.107. The zero-order chi connectivity index (χ0) is 14.0. The zero-order valence-electron chi connectivity index (χ0n) is 11.9. The number of nitrogens with one attached hydrogen (secondary N) is 1. The van der Waals surface area contributed by atoms with Crippen LogP contribution in [0.15, 0.2) is 16.8 Å². The predicted molar refractivity (Wildman–Crippen MR) is 73.5 cm³/mol. The van der Waals surface area contributed by atoms with Crippen LogP contribution in [0.5, 0.6) is 5.88 Å². The molecule has 0 aliphatic rings. The second-order valence-electron chi connectivity index (χ2n) is 4.59. The summed E-state index contributed by atoms with van der Waals surface area (Å²) in [4.78, 5) is 8.32. The molecule has 0 saturated carbocycles. The highest BCUT2D eigenvalue weighted by atomic mass is 16.5. The van der Waals surface area contributed by atoms with Gasteiger partial charge in [0.05, 0.1) is 18.7 Å². The molecule has 1 atom stereocenters. The third-order valence-corrected chi connectivity index (χ3v) is 3.13. The van der Waals surface area contributed by atoms with E-state index in [0.717, 1.165) is 28.5 Å². The number of aryl methyl sites for hydroxylation is 2. The van der Waals surface area contributed by atoms with Crippen molar-refractivity contribution in [3.63, 3.8) is 0 Å². The quantitative estimate of drug-likeness (QED) is 0.916. The monoisotopic (exact) mass is 261 g/mol. The maximum absolute atomic E-state index is 5.55. The summed E-state index contributed by atoms with van der Waals surface area (Å²) < 4.78 is 10.7. The average molecular weight is 261 g/mol. The van der Waals surface area contributed by atoms with Gasteiger partial charge in [0.2, 0.25) is 5.88 Å². The number of anilines is 1. The summed E-state index contributed by atoms with van der Waals surface area (Å²) >= 11 is 0. The molecule has 102 valence electrons. The molecule has 5 nitrogen and oxygen atoms in total. The van der Waals surface area contributed by atoms with Gasteiger partial charge in [-0.3, -0.25) is 0 Å². The number of nitrogens with zero attached hydrogens (tertiary/aromatic N) is 2. The van der Waals surface area contributed by atoms with E-state index in [1.807, 2.05) is 26.8 Å². The van der Waals surface area contributed by atoms with E-state index >= 15 is 0 Å². The molecule has 19 heavy (non-hydrogen) atoms. The summed E-state index contributed by atoms with van der Waals surface area (Å²) in [5.41, 5.74) is 2.03. The lowest BCUT2D eigenvalue weighted by Gasteiger charge is -2.16. The van der Waals surface area contributed by atoms with E-state index in [2.05, 4.69) is 22.2 Å². The van der Waals surface area contributed by atoms with Crippen LogP contribution < -0.4 is 10.1 Å². The maximum atomic E-state index is 5.55. The van der Waals surface area contributed by atoms with Crippen molar-refractivity contribution in [2.24, 2.45) is 0 Å². The molecule has 0 fully saturated rings. The molecule has 2 rings (SSSR count). The van der Waals surface area contributed by atoms with Gasteiger partial charge in [0, 0.05) is 5.56 Å². The van der Waals surface area contributed by atoms with Crippen molar-refractivity contribution >= 4 is 5.82 Å². The van der Waals surface area contributed by atoms with Gasteiger partial charge in [0.1, 0.15) is 23.7 Å². The normalized spacial score (nSPS) is 12.3. The van der Waals surface area contributed by atoms with Crippen LogP contribution in [0.2, 0.25) is 0 Å². The Bertz CT molecular complexity index is 578. The Hall–Kier alpha value is -2.04. The van der Waals surface area contributed by atoms with Crippen molar-refractivity contribution < 1.29 is 9.15 Å². The van der Waals surface area contributed by atoms with E-state index in [-0.39, 0.29) is 6.04 Å².